The first-order chi connectivity index (χ1) is 14.1. The predicted molar refractivity (Wildman–Crippen MR) is 134 cm³/mol. The van der Waals surface area contributed by atoms with Crippen molar-refractivity contribution in [2.24, 2.45) is 4.99 Å². The molecular formula is C21H31IN6OS. The van der Waals surface area contributed by atoms with Crippen molar-refractivity contribution in [2.45, 2.75) is 25.2 Å². The van der Waals surface area contributed by atoms with Crippen LogP contribution >= 0.6 is 35.3 Å². The van der Waals surface area contributed by atoms with Gasteiger partial charge in [-0.05, 0) is 5.56 Å². The summed E-state index contributed by atoms with van der Waals surface area (Å²) >= 11 is 1.66. The Labute approximate surface area is 200 Å². The fraction of sp³-hybridized carbons (Fsp3) is 0.524. The third kappa shape index (κ3) is 5.43. The molecule has 0 bridgehead atoms. The summed E-state index contributed by atoms with van der Waals surface area (Å²) in [5.41, 5.74) is 2.40. The number of thiazole rings is 1. The molecule has 1 aromatic carbocycles. The number of fused-ring (bicyclic) bond motifs is 1. The fourth-order valence-corrected chi connectivity index (χ4v) is 4.79. The number of benzene rings is 1. The molecule has 164 valence electrons. The van der Waals surface area contributed by atoms with Gasteiger partial charge in [0.1, 0.15) is 0 Å². The Bertz CT molecular complexity index is 830. The molecule has 3 heterocycles. The van der Waals surface area contributed by atoms with Crippen molar-refractivity contribution in [1.82, 2.24) is 20.1 Å². The van der Waals surface area contributed by atoms with Crippen LogP contribution in [0.15, 0.2) is 40.7 Å². The molecule has 0 aliphatic carbocycles. The summed E-state index contributed by atoms with van der Waals surface area (Å²) in [7, 11) is 5.88. The molecule has 7 nitrogen and oxygen atoms in total. The van der Waals surface area contributed by atoms with Crippen LogP contribution in [0.3, 0.4) is 0 Å². The molecule has 1 aromatic heterocycles. The van der Waals surface area contributed by atoms with Gasteiger partial charge >= 0.3 is 0 Å². The highest BCUT2D eigenvalue weighted by Gasteiger charge is 2.41. The summed E-state index contributed by atoms with van der Waals surface area (Å²) in [5.74, 6) is 0.919. The molecule has 2 saturated heterocycles. The van der Waals surface area contributed by atoms with Gasteiger partial charge in [0.15, 0.2) is 11.1 Å². The Kier molecular flexibility index (Phi) is 8.32. The third-order valence-corrected chi connectivity index (χ3v) is 6.56. The van der Waals surface area contributed by atoms with E-state index in [-0.39, 0.29) is 30.1 Å². The number of ether oxygens (including phenoxy) is 1. The average Bonchev–Trinajstić information content (AvgIpc) is 3.37. The molecule has 2 fully saturated rings. The van der Waals surface area contributed by atoms with Crippen molar-refractivity contribution < 1.29 is 4.74 Å². The Hall–Kier alpha value is -1.43. The van der Waals surface area contributed by atoms with E-state index in [2.05, 4.69) is 60.8 Å². The number of nitrogens with one attached hydrogen (secondary N) is 1. The van der Waals surface area contributed by atoms with Gasteiger partial charge in [-0.3, -0.25) is 9.89 Å². The number of likely N-dealkylation sites (tertiary alicyclic amines) is 1. The molecule has 2 unspecified atom stereocenters. The Balaban J connectivity index is 0.00000256. The van der Waals surface area contributed by atoms with E-state index in [1.165, 1.54) is 5.56 Å². The van der Waals surface area contributed by atoms with E-state index in [0.717, 1.165) is 49.6 Å². The number of guanidine groups is 1. The summed E-state index contributed by atoms with van der Waals surface area (Å²) in [6.45, 7) is 5.21. The standard InChI is InChI=1S/C21H30N6OS.HI/c1-22-20(23-11-17-15-29-21(24-17)25(2)3)27-13-18-19(14-27)28-10-9-26(18)12-16-7-5-4-6-8-16;/h4-8,15,18-19H,9-14H2,1-3H3,(H,22,23);1H. The SMILES string of the molecule is CN=C(NCc1csc(N(C)C)n1)N1CC2OCCN(Cc3ccccc3)C2C1.I. The monoisotopic (exact) mass is 542 g/mol. The van der Waals surface area contributed by atoms with Crippen molar-refractivity contribution >= 4 is 46.4 Å². The van der Waals surface area contributed by atoms with Crippen LogP contribution in [0.5, 0.6) is 0 Å². The van der Waals surface area contributed by atoms with Gasteiger partial charge in [0.05, 0.1) is 31.0 Å². The molecule has 4 rings (SSSR count). The van der Waals surface area contributed by atoms with Crippen LogP contribution in [-0.4, -0.2) is 80.3 Å². The molecular weight excluding hydrogens is 511 g/mol. The minimum atomic E-state index is 0. The van der Waals surface area contributed by atoms with E-state index >= 15 is 0 Å². The number of hydrogen-bond acceptors (Lipinski definition) is 6. The van der Waals surface area contributed by atoms with Crippen LogP contribution in [0.4, 0.5) is 5.13 Å². The average molecular weight is 542 g/mol. The van der Waals surface area contributed by atoms with Crippen LogP contribution < -0.4 is 10.2 Å². The zero-order chi connectivity index (χ0) is 20.2. The Morgan fingerprint density at radius 1 is 1.30 bits per heavy atom. The van der Waals surface area contributed by atoms with Gasteiger partial charge < -0.3 is 19.9 Å². The van der Waals surface area contributed by atoms with Gasteiger partial charge in [0, 0.05) is 52.7 Å². The quantitative estimate of drug-likeness (QED) is 0.356. The molecule has 2 aliphatic heterocycles. The molecule has 0 spiro atoms. The maximum Gasteiger partial charge on any atom is 0.194 e. The van der Waals surface area contributed by atoms with Gasteiger partial charge in [-0.15, -0.1) is 35.3 Å². The minimum Gasteiger partial charge on any atom is -0.373 e. The van der Waals surface area contributed by atoms with Crippen LogP contribution in [0, 0.1) is 0 Å². The van der Waals surface area contributed by atoms with Crippen molar-refractivity contribution in [2.75, 3.05) is 52.3 Å². The van der Waals surface area contributed by atoms with Gasteiger partial charge in [0.25, 0.3) is 0 Å². The number of nitrogens with zero attached hydrogens (tertiary/aromatic N) is 5. The number of aliphatic imine (C=N–C) groups is 1. The zero-order valence-corrected chi connectivity index (χ0v) is 21.0. The second-order valence-corrected chi connectivity index (χ2v) is 8.59. The molecule has 0 saturated carbocycles. The summed E-state index contributed by atoms with van der Waals surface area (Å²) in [4.78, 5) is 16.1. The van der Waals surface area contributed by atoms with Gasteiger partial charge in [-0.1, -0.05) is 30.3 Å². The van der Waals surface area contributed by atoms with Crippen LogP contribution in [0.2, 0.25) is 0 Å². The van der Waals surface area contributed by atoms with E-state index in [9.17, 15) is 0 Å². The number of morpholine rings is 1. The lowest BCUT2D eigenvalue weighted by Gasteiger charge is -2.36. The highest BCUT2D eigenvalue weighted by atomic mass is 127. The maximum atomic E-state index is 6.10. The Morgan fingerprint density at radius 3 is 2.80 bits per heavy atom. The van der Waals surface area contributed by atoms with Crippen LogP contribution in [0.1, 0.15) is 11.3 Å². The largest absolute Gasteiger partial charge is 0.373 e. The number of aromatic nitrogens is 1. The molecule has 0 radical (unpaired) electrons. The molecule has 2 aromatic rings. The lowest BCUT2D eigenvalue weighted by atomic mass is 10.1. The van der Waals surface area contributed by atoms with Crippen molar-refractivity contribution in [1.29, 1.82) is 0 Å². The van der Waals surface area contributed by atoms with E-state index in [0.29, 0.717) is 12.6 Å². The molecule has 9 heteroatoms. The second-order valence-electron chi connectivity index (χ2n) is 7.75. The number of hydrogen-bond donors (Lipinski definition) is 1. The van der Waals surface area contributed by atoms with Crippen molar-refractivity contribution in [3.63, 3.8) is 0 Å². The normalized spacial score (nSPS) is 21.8. The first-order valence-electron chi connectivity index (χ1n) is 10.1. The third-order valence-electron chi connectivity index (χ3n) is 5.51. The second kappa shape index (κ2) is 10.7. The first-order valence-corrected chi connectivity index (χ1v) is 11.0. The summed E-state index contributed by atoms with van der Waals surface area (Å²) in [6, 6.07) is 11.1. The lowest BCUT2D eigenvalue weighted by Crippen LogP contribution is -2.50. The molecule has 1 N–H and O–H groups in total. The van der Waals surface area contributed by atoms with E-state index in [1.54, 1.807) is 11.3 Å². The van der Waals surface area contributed by atoms with E-state index in [1.807, 2.05) is 26.0 Å². The molecule has 30 heavy (non-hydrogen) atoms. The van der Waals surface area contributed by atoms with Gasteiger partial charge in [0.2, 0.25) is 0 Å². The van der Waals surface area contributed by atoms with E-state index < -0.39 is 0 Å². The number of anilines is 1. The number of rotatable bonds is 5. The summed E-state index contributed by atoms with van der Waals surface area (Å²) in [6.07, 6.45) is 0.227. The highest BCUT2D eigenvalue weighted by molar-refractivity contribution is 14.0. The lowest BCUT2D eigenvalue weighted by molar-refractivity contribution is -0.0502. The van der Waals surface area contributed by atoms with Crippen molar-refractivity contribution in [3.05, 3.63) is 47.0 Å². The predicted octanol–water partition coefficient (Wildman–Crippen LogP) is 2.49. The topological polar surface area (TPSA) is 56.2 Å². The smallest absolute Gasteiger partial charge is 0.194 e. The van der Waals surface area contributed by atoms with Gasteiger partial charge in [-0.25, -0.2) is 4.98 Å². The van der Waals surface area contributed by atoms with Crippen molar-refractivity contribution in [3.8, 4) is 0 Å². The van der Waals surface area contributed by atoms with E-state index in [4.69, 9.17) is 4.74 Å². The zero-order valence-electron chi connectivity index (χ0n) is 17.8. The van der Waals surface area contributed by atoms with Gasteiger partial charge in [-0.2, -0.15) is 0 Å². The van der Waals surface area contributed by atoms with Crippen LogP contribution in [0.25, 0.3) is 0 Å². The fourth-order valence-electron chi connectivity index (χ4n) is 4.03. The molecule has 2 atom stereocenters. The maximum absolute atomic E-state index is 6.10. The summed E-state index contributed by atoms with van der Waals surface area (Å²) < 4.78 is 6.10. The highest BCUT2D eigenvalue weighted by Crippen LogP contribution is 2.25. The van der Waals surface area contributed by atoms with Crippen LogP contribution in [-0.2, 0) is 17.8 Å². The summed E-state index contributed by atoms with van der Waals surface area (Å²) in [5, 5.41) is 6.61. The minimum absolute atomic E-state index is 0. The number of halogens is 1. The molecule has 0 amide bonds. The first kappa shape index (κ1) is 23.2. The Morgan fingerprint density at radius 2 is 2.10 bits per heavy atom. The molecule has 2 aliphatic rings.